The van der Waals surface area contributed by atoms with E-state index in [9.17, 15) is 30.6 Å². The predicted octanol–water partition coefficient (Wildman–Crippen LogP) is 0.850. The molecule has 0 radical (unpaired) electrons. The highest BCUT2D eigenvalue weighted by atomic mass is 16.7. The minimum atomic E-state index is -1.50. The number of unbranched alkanes of at least 4 members (excludes halogenated alkanes) is 2. The Balaban J connectivity index is 1.96. The summed E-state index contributed by atoms with van der Waals surface area (Å²) in [6.07, 6.45) is -2.98. The molecule has 2 rings (SSSR count). The molecule has 1 fully saturated rings. The second kappa shape index (κ2) is 13.3. The van der Waals surface area contributed by atoms with Crippen LogP contribution in [0.15, 0.2) is 18.2 Å². The molecule has 184 valence electrons. The number of methoxy groups -OCH3 is 1. The number of aromatic hydroxyl groups is 1. The summed E-state index contributed by atoms with van der Waals surface area (Å²) in [6.45, 7) is 1.55. The zero-order valence-electron chi connectivity index (χ0n) is 18.8. The molecule has 9 heteroatoms. The fraction of sp³-hybridized carbons (Fsp3) is 0.739. The molecule has 7 unspecified atom stereocenters. The zero-order valence-corrected chi connectivity index (χ0v) is 18.8. The Kier molecular flexibility index (Phi) is 11.1. The topological polar surface area (TPSA) is 149 Å². The largest absolute Gasteiger partial charge is 0.504 e. The Labute approximate surface area is 189 Å². The molecule has 6 N–H and O–H groups in total. The van der Waals surface area contributed by atoms with Crippen molar-refractivity contribution in [3.05, 3.63) is 23.8 Å². The monoisotopic (exact) mass is 458 g/mol. The number of hydrogen-bond acceptors (Lipinski definition) is 9. The Bertz CT molecular complexity index is 669. The molecule has 0 aliphatic carbocycles. The van der Waals surface area contributed by atoms with Crippen molar-refractivity contribution in [2.75, 3.05) is 13.7 Å². The van der Waals surface area contributed by atoms with Gasteiger partial charge in [0.05, 0.1) is 25.9 Å². The molecule has 0 saturated carbocycles. The summed E-state index contributed by atoms with van der Waals surface area (Å²) in [5, 5.41) is 59.9. The number of aryl methyl sites for hydroxylation is 1. The molecule has 1 aliphatic rings. The standard InChI is InChI=1S/C23H38O9/c1-3-4-5-6-16(31-23-22(29)21(28)20(27)19(13-24)32-23)12-15(25)9-7-14-8-10-17(26)18(11-14)30-2/h8,10-11,15-16,19-29H,3-7,9,12-13H2,1-2H3. The van der Waals surface area contributed by atoms with Crippen molar-refractivity contribution in [3.63, 3.8) is 0 Å². The first-order valence-corrected chi connectivity index (χ1v) is 11.3. The van der Waals surface area contributed by atoms with Crippen LogP contribution in [0.2, 0.25) is 0 Å². The van der Waals surface area contributed by atoms with Crippen molar-refractivity contribution in [1.29, 1.82) is 0 Å². The Hall–Kier alpha value is -1.46. The van der Waals surface area contributed by atoms with E-state index in [-0.39, 0.29) is 5.75 Å². The highest BCUT2D eigenvalue weighted by Gasteiger charge is 2.44. The Morgan fingerprint density at radius 1 is 1.06 bits per heavy atom. The van der Waals surface area contributed by atoms with E-state index in [1.54, 1.807) is 18.2 Å². The van der Waals surface area contributed by atoms with Crippen LogP contribution in [0.25, 0.3) is 0 Å². The minimum absolute atomic E-state index is 0.0562. The van der Waals surface area contributed by atoms with Gasteiger partial charge in [0, 0.05) is 0 Å². The normalized spacial score (nSPS) is 27.8. The van der Waals surface area contributed by atoms with E-state index >= 15 is 0 Å². The highest BCUT2D eigenvalue weighted by molar-refractivity contribution is 5.41. The lowest BCUT2D eigenvalue weighted by atomic mass is 9.98. The van der Waals surface area contributed by atoms with Crippen LogP contribution in [0.1, 0.15) is 51.0 Å². The van der Waals surface area contributed by atoms with E-state index in [0.717, 1.165) is 24.8 Å². The fourth-order valence-electron chi connectivity index (χ4n) is 3.87. The first-order chi connectivity index (χ1) is 15.3. The van der Waals surface area contributed by atoms with Crippen molar-refractivity contribution in [3.8, 4) is 11.5 Å². The van der Waals surface area contributed by atoms with Crippen molar-refractivity contribution in [2.24, 2.45) is 0 Å². The van der Waals surface area contributed by atoms with E-state index in [1.165, 1.54) is 7.11 Å². The first-order valence-electron chi connectivity index (χ1n) is 11.3. The van der Waals surface area contributed by atoms with Crippen LogP contribution in [0.3, 0.4) is 0 Å². The van der Waals surface area contributed by atoms with Gasteiger partial charge < -0.3 is 44.8 Å². The van der Waals surface area contributed by atoms with Crippen molar-refractivity contribution < 1.29 is 44.8 Å². The molecule has 1 heterocycles. The molecule has 32 heavy (non-hydrogen) atoms. The van der Waals surface area contributed by atoms with E-state index < -0.39 is 49.5 Å². The summed E-state index contributed by atoms with van der Waals surface area (Å²) in [5.74, 6) is 0.432. The third-order valence-electron chi connectivity index (χ3n) is 5.85. The minimum Gasteiger partial charge on any atom is -0.504 e. The Morgan fingerprint density at radius 3 is 2.47 bits per heavy atom. The van der Waals surface area contributed by atoms with Gasteiger partial charge in [-0.3, -0.25) is 0 Å². The quantitative estimate of drug-likeness (QED) is 0.237. The lowest BCUT2D eigenvalue weighted by molar-refractivity contribution is -0.313. The number of phenolic OH excluding ortho intramolecular Hbond substituents is 1. The lowest BCUT2D eigenvalue weighted by Gasteiger charge is -2.41. The van der Waals surface area contributed by atoms with Crippen LogP contribution in [0.4, 0.5) is 0 Å². The summed E-state index contributed by atoms with van der Waals surface area (Å²) in [7, 11) is 1.48. The molecule has 7 atom stereocenters. The van der Waals surface area contributed by atoms with Gasteiger partial charge in [0.1, 0.15) is 24.4 Å². The molecule has 0 bridgehead atoms. The predicted molar refractivity (Wildman–Crippen MR) is 116 cm³/mol. The third kappa shape index (κ3) is 7.55. The van der Waals surface area contributed by atoms with Crippen LogP contribution in [0, 0.1) is 0 Å². The summed E-state index contributed by atoms with van der Waals surface area (Å²) in [4.78, 5) is 0. The number of aliphatic hydroxyl groups excluding tert-OH is 5. The van der Waals surface area contributed by atoms with Gasteiger partial charge in [-0.25, -0.2) is 0 Å². The SMILES string of the molecule is CCCCCC(CC(O)CCc1ccc(O)c(OC)c1)OC1OC(CO)C(O)C(O)C1O. The summed E-state index contributed by atoms with van der Waals surface area (Å²) in [6, 6.07) is 5.05. The number of hydrogen-bond donors (Lipinski definition) is 6. The molecule has 1 aromatic carbocycles. The van der Waals surface area contributed by atoms with Gasteiger partial charge in [-0.15, -0.1) is 0 Å². The third-order valence-corrected chi connectivity index (χ3v) is 5.85. The molecule has 0 spiro atoms. The lowest BCUT2D eigenvalue weighted by Crippen LogP contribution is -2.59. The van der Waals surface area contributed by atoms with Crippen LogP contribution >= 0.6 is 0 Å². The molecule has 1 saturated heterocycles. The summed E-state index contributed by atoms with van der Waals surface area (Å²) in [5.41, 5.74) is 0.913. The van der Waals surface area contributed by atoms with Gasteiger partial charge in [-0.1, -0.05) is 32.3 Å². The van der Waals surface area contributed by atoms with Crippen LogP contribution in [-0.2, 0) is 15.9 Å². The molecule has 0 amide bonds. The Morgan fingerprint density at radius 2 is 1.81 bits per heavy atom. The van der Waals surface area contributed by atoms with Crippen molar-refractivity contribution >= 4 is 0 Å². The maximum absolute atomic E-state index is 10.6. The smallest absolute Gasteiger partial charge is 0.186 e. The average molecular weight is 459 g/mol. The molecule has 9 nitrogen and oxygen atoms in total. The molecular weight excluding hydrogens is 420 g/mol. The van der Waals surface area contributed by atoms with E-state index in [2.05, 4.69) is 6.92 Å². The zero-order chi connectivity index (χ0) is 23.7. The second-order valence-electron chi connectivity index (χ2n) is 8.39. The van der Waals surface area contributed by atoms with Crippen LogP contribution in [0.5, 0.6) is 11.5 Å². The van der Waals surface area contributed by atoms with Gasteiger partial charge in [0.2, 0.25) is 0 Å². The van der Waals surface area contributed by atoms with E-state index in [0.29, 0.717) is 31.4 Å². The number of phenols is 1. The van der Waals surface area contributed by atoms with Gasteiger partial charge in [-0.2, -0.15) is 0 Å². The number of aliphatic hydroxyl groups is 5. The molecule has 0 aromatic heterocycles. The molecular formula is C23H38O9. The van der Waals surface area contributed by atoms with Gasteiger partial charge in [0.15, 0.2) is 17.8 Å². The van der Waals surface area contributed by atoms with E-state index in [4.69, 9.17) is 14.2 Å². The molecule has 1 aromatic rings. The second-order valence-corrected chi connectivity index (χ2v) is 8.39. The van der Waals surface area contributed by atoms with Gasteiger partial charge in [-0.05, 0) is 43.4 Å². The van der Waals surface area contributed by atoms with Crippen LogP contribution in [-0.4, -0.2) is 87.3 Å². The average Bonchev–Trinajstić information content (AvgIpc) is 2.78. The summed E-state index contributed by atoms with van der Waals surface area (Å²) >= 11 is 0. The number of ether oxygens (including phenoxy) is 3. The first kappa shape index (κ1) is 26.8. The summed E-state index contributed by atoms with van der Waals surface area (Å²) < 4.78 is 16.5. The number of rotatable bonds is 13. The molecule has 1 aliphatic heterocycles. The van der Waals surface area contributed by atoms with Crippen molar-refractivity contribution in [1.82, 2.24) is 0 Å². The van der Waals surface area contributed by atoms with Gasteiger partial charge in [0.25, 0.3) is 0 Å². The van der Waals surface area contributed by atoms with Crippen LogP contribution < -0.4 is 4.74 Å². The maximum atomic E-state index is 10.6. The van der Waals surface area contributed by atoms with Crippen molar-refractivity contribution in [2.45, 2.75) is 94.8 Å². The fourth-order valence-corrected chi connectivity index (χ4v) is 3.87. The number of benzene rings is 1. The maximum Gasteiger partial charge on any atom is 0.186 e. The van der Waals surface area contributed by atoms with Gasteiger partial charge >= 0.3 is 0 Å². The highest BCUT2D eigenvalue weighted by Crippen LogP contribution is 2.28. The van der Waals surface area contributed by atoms with E-state index in [1.807, 2.05) is 0 Å².